The van der Waals surface area contributed by atoms with Crippen LogP contribution in [0.3, 0.4) is 0 Å². The number of pyridine rings is 1. The molecule has 2 aromatic heterocycles. The number of carbonyl (C=O) groups is 2. The topological polar surface area (TPSA) is 118 Å². The average molecular weight is 493 g/mol. The van der Waals surface area contributed by atoms with Gasteiger partial charge in [0.05, 0.1) is 5.69 Å². The predicted octanol–water partition coefficient (Wildman–Crippen LogP) is 3.81. The van der Waals surface area contributed by atoms with Crippen LogP contribution in [0.1, 0.15) is 34.1 Å². The molecular weight excluding hydrogens is 460 g/mol. The van der Waals surface area contributed by atoms with Crippen molar-refractivity contribution in [3.05, 3.63) is 48.9 Å². The average Bonchev–Trinajstić information content (AvgIpc) is 3.13. The number of ether oxygens (including phenoxy) is 1. The summed E-state index contributed by atoms with van der Waals surface area (Å²) in [6.45, 7) is 10.1. The summed E-state index contributed by atoms with van der Waals surface area (Å²) in [4.78, 5) is 36.6. The Hall–Kier alpha value is -4.15. The van der Waals surface area contributed by atoms with Crippen LogP contribution >= 0.6 is 0 Å². The normalized spacial score (nSPS) is 14.2. The fourth-order valence-corrected chi connectivity index (χ4v) is 3.82. The third-order valence-corrected chi connectivity index (χ3v) is 5.54. The maximum absolute atomic E-state index is 11.9. The lowest BCUT2D eigenvalue weighted by molar-refractivity contribution is -0.128. The second-order valence-electron chi connectivity index (χ2n) is 9.56. The first-order valence-corrected chi connectivity index (χ1v) is 11.9. The van der Waals surface area contributed by atoms with Gasteiger partial charge in [0.1, 0.15) is 17.7 Å². The Balaban J connectivity index is 1.38. The Labute approximate surface area is 210 Å². The third kappa shape index (κ3) is 6.71. The molecule has 0 radical (unpaired) electrons. The van der Waals surface area contributed by atoms with Crippen molar-refractivity contribution >= 4 is 35.1 Å². The van der Waals surface area contributed by atoms with Gasteiger partial charge in [-0.25, -0.2) is 14.5 Å². The van der Waals surface area contributed by atoms with E-state index in [-0.39, 0.29) is 5.91 Å². The zero-order valence-electron chi connectivity index (χ0n) is 21.1. The first-order chi connectivity index (χ1) is 17.2. The number of hydrogen-bond acceptors (Lipinski definition) is 8. The molecule has 190 valence electrons. The second-order valence-corrected chi connectivity index (χ2v) is 9.56. The minimum Gasteiger partial charge on any atom is -0.444 e. The molecule has 1 aliphatic heterocycles. The van der Waals surface area contributed by atoms with Gasteiger partial charge in [-0.2, -0.15) is 4.98 Å². The fourth-order valence-electron chi connectivity index (χ4n) is 3.82. The number of anilines is 4. The van der Waals surface area contributed by atoms with E-state index < -0.39 is 11.7 Å². The van der Waals surface area contributed by atoms with Crippen LogP contribution in [0, 0.1) is 0 Å². The van der Waals surface area contributed by atoms with Gasteiger partial charge in [0.2, 0.25) is 11.9 Å². The Bertz CT molecular complexity index is 1200. The van der Waals surface area contributed by atoms with E-state index >= 15 is 0 Å². The quantitative estimate of drug-likeness (QED) is 0.552. The molecule has 4 rings (SSSR count). The number of hydrogen-bond donors (Lipinski definition) is 2. The third-order valence-electron chi connectivity index (χ3n) is 5.54. The highest BCUT2D eigenvalue weighted by atomic mass is 16.6. The smallest absolute Gasteiger partial charge is 0.412 e. The molecule has 3 heterocycles. The van der Waals surface area contributed by atoms with Crippen molar-refractivity contribution in [1.29, 1.82) is 0 Å². The van der Waals surface area contributed by atoms with Crippen molar-refractivity contribution in [3.8, 4) is 5.69 Å². The highest BCUT2D eigenvalue weighted by Gasteiger charge is 2.18. The van der Waals surface area contributed by atoms with Gasteiger partial charge in [0, 0.05) is 56.7 Å². The maximum atomic E-state index is 11.9. The Morgan fingerprint density at radius 2 is 1.72 bits per heavy atom. The summed E-state index contributed by atoms with van der Waals surface area (Å²) in [6, 6.07) is 11.0. The van der Waals surface area contributed by atoms with E-state index in [4.69, 9.17) is 4.74 Å². The van der Waals surface area contributed by atoms with Crippen LogP contribution in [0.2, 0.25) is 0 Å². The molecule has 1 aliphatic rings. The van der Waals surface area contributed by atoms with Crippen LogP contribution in [0.4, 0.5) is 27.9 Å². The Kier molecular flexibility index (Phi) is 7.37. The molecule has 1 saturated heterocycles. The van der Waals surface area contributed by atoms with Crippen molar-refractivity contribution < 1.29 is 14.3 Å². The summed E-state index contributed by atoms with van der Waals surface area (Å²) >= 11 is 0. The van der Waals surface area contributed by atoms with Crippen LogP contribution in [-0.2, 0) is 9.53 Å². The van der Waals surface area contributed by atoms with E-state index in [0.29, 0.717) is 18.2 Å². The zero-order valence-corrected chi connectivity index (χ0v) is 21.1. The predicted molar refractivity (Wildman–Crippen MR) is 138 cm³/mol. The van der Waals surface area contributed by atoms with Crippen molar-refractivity contribution in [1.82, 2.24) is 24.6 Å². The van der Waals surface area contributed by atoms with E-state index in [1.165, 1.54) is 0 Å². The van der Waals surface area contributed by atoms with Gasteiger partial charge >= 0.3 is 6.09 Å². The van der Waals surface area contributed by atoms with Crippen molar-refractivity contribution in [3.63, 3.8) is 0 Å². The van der Waals surface area contributed by atoms with E-state index in [0.717, 1.165) is 43.2 Å². The van der Waals surface area contributed by atoms with Gasteiger partial charge in [0.15, 0.2) is 0 Å². The minimum atomic E-state index is -0.560. The molecule has 3 aromatic rings. The largest absolute Gasteiger partial charge is 0.444 e. The van der Waals surface area contributed by atoms with Crippen molar-refractivity contribution in [2.75, 3.05) is 41.7 Å². The van der Waals surface area contributed by atoms with Crippen molar-refractivity contribution in [2.45, 2.75) is 39.7 Å². The highest BCUT2D eigenvalue weighted by Crippen LogP contribution is 2.20. The van der Waals surface area contributed by atoms with E-state index in [9.17, 15) is 9.59 Å². The maximum Gasteiger partial charge on any atom is 0.412 e. The number of nitrogens with one attached hydrogen (secondary N) is 2. The molecule has 0 saturated carbocycles. The molecule has 0 aliphatic carbocycles. The van der Waals surface area contributed by atoms with Gasteiger partial charge in [-0.1, -0.05) is 0 Å². The number of nitrogens with zero attached hydrogens (tertiary/aromatic N) is 6. The number of benzene rings is 1. The number of rotatable bonds is 5. The molecule has 2 amide bonds. The second kappa shape index (κ2) is 10.6. The molecule has 11 heteroatoms. The molecule has 1 fully saturated rings. The van der Waals surface area contributed by atoms with Gasteiger partial charge in [-0.3, -0.25) is 10.1 Å². The van der Waals surface area contributed by atoms with E-state index in [2.05, 4.69) is 30.6 Å². The summed E-state index contributed by atoms with van der Waals surface area (Å²) in [5.74, 6) is 1.39. The van der Waals surface area contributed by atoms with Crippen LogP contribution in [0.25, 0.3) is 5.69 Å². The van der Waals surface area contributed by atoms with Gasteiger partial charge < -0.3 is 19.9 Å². The molecular formula is C25H32N8O3. The number of amides is 2. The summed E-state index contributed by atoms with van der Waals surface area (Å²) < 4.78 is 6.95. The van der Waals surface area contributed by atoms with Crippen LogP contribution in [-0.4, -0.2) is 68.4 Å². The summed E-state index contributed by atoms with van der Waals surface area (Å²) in [5, 5.41) is 10.4. The molecule has 1 aromatic carbocycles. The van der Waals surface area contributed by atoms with Crippen LogP contribution in [0.5, 0.6) is 0 Å². The lowest BCUT2D eigenvalue weighted by atomic mass is 10.2. The first kappa shape index (κ1) is 25.0. The lowest BCUT2D eigenvalue weighted by Crippen LogP contribution is -2.33. The Morgan fingerprint density at radius 3 is 2.44 bits per heavy atom. The van der Waals surface area contributed by atoms with Crippen LogP contribution < -0.4 is 15.5 Å². The van der Waals surface area contributed by atoms with Gasteiger partial charge in [0.25, 0.3) is 0 Å². The minimum absolute atomic E-state index is 0.107. The van der Waals surface area contributed by atoms with Gasteiger partial charge in [-0.05, 0) is 57.5 Å². The van der Waals surface area contributed by atoms with Crippen LogP contribution in [0.15, 0.2) is 48.9 Å². The van der Waals surface area contributed by atoms with E-state index in [1.54, 1.807) is 36.3 Å². The molecule has 36 heavy (non-hydrogen) atoms. The molecule has 11 nitrogen and oxygen atoms in total. The Morgan fingerprint density at radius 1 is 0.972 bits per heavy atom. The molecule has 0 spiro atoms. The molecule has 0 bridgehead atoms. The molecule has 2 N–H and O–H groups in total. The lowest BCUT2D eigenvalue weighted by Gasteiger charge is -2.22. The molecule has 0 atom stereocenters. The van der Waals surface area contributed by atoms with E-state index in [1.807, 2.05) is 49.9 Å². The fraction of sp³-hybridized carbons (Fsp3) is 0.400. The number of carbonyl (C=O) groups excluding carboxylic acids is 2. The summed E-state index contributed by atoms with van der Waals surface area (Å²) in [5.41, 5.74) is 1.68. The monoisotopic (exact) mass is 492 g/mol. The summed E-state index contributed by atoms with van der Waals surface area (Å²) in [7, 11) is 0. The number of aromatic nitrogens is 4. The highest BCUT2D eigenvalue weighted by molar-refractivity contribution is 5.85. The zero-order chi connectivity index (χ0) is 25.7. The van der Waals surface area contributed by atoms with Crippen molar-refractivity contribution in [2.24, 2.45) is 0 Å². The standard InChI is InChI=1S/C25H32N8O3/c1-18(34)31-12-5-13-32(15-14-31)22-16-21(10-11-26-22)33-17-27-23(30-33)28-19-6-8-20(9-7-19)29-24(35)36-25(2,3)4/h6-11,16-17H,5,12-15H2,1-4H3,(H,28,30)(H,29,35). The summed E-state index contributed by atoms with van der Waals surface area (Å²) in [6.07, 6.45) is 3.79. The van der Waals surface area contributed by atoms with Gasteiger partial charge in [-0.15, -0.1) is 5.10 Å². The first-order valence-electron chi connectivity index (χ1n) is 11.9. The SMILES string of the molecule is CC(=O)N1CCCN(c2cc(-n3cnc(Nc4ccc(NC(=O)OC(C)(C)C)cc4)n3)ccn2)CC1. The molecule has 0 unspecified atom stereocenters.